The lowest BCUT2D eigenvalue weighted by Gasteiger charge is -2.10. The van der Waals surface area contributed by atoms with Crippen LogP contribution in [0.1, 0.15) is 11.4 Å². The molecule has 6 nitrogen and oxygen atoms in total. The van der Waals surface area contributed by atoms with Crippen LogP contribution in [0.4, 0.5) is 0 Å². The van der Waals surface area contributed by atoms with Crippen LogP contribution in [0.25, 0.3) is 11.3 Å². The topological polar surface area (TPSA) is 76.9 Å². The average molecular weight is 342 g/mol. The predicted molar refractivity (Wildman–Crippen MR) is 92.0 cm³/mol. The second-order valence-electron chi connectivity index (χ2n) is 5.40. The molecule has 0 spiro atoms. The first kappa shape index (κ1) is 16.4. The highest BCUT2D eigenvalue weighted by Crippen LogP contribution is 2.26. The zero-order chi connectivity index (χ0) is 17.2. The van der Waals surface area contributed by atoms with Gasteiger partial charge in [0.15, 0.2) is 0 Å². The van der Waals surface area contributed by atoms with Gasteiger partial charge in [0.05, 0.1) is 18.1 Å². The molecule has 2 heterocycles. The number of hydrogen-bond donors (Lipinski definition) is 1. The molecule has 0 atom stereocenters. The first-order chi connectivity index (χ1) is 11.5. The molecule has 0 fully saturated rings. The number of aryl methyl sites for hydroxylation is 1. The summed E-state index contributed by atoms with van der Waals surface area (Å²) in [5.41, 5.74) is 2.32. The fourth-order valence-corrected chi connectivity index (χ4v) is 3.73. The summed E-state index contributed by atoms with van der Waals surface area (Å²) in [6.07, 6.45) is 4.31. The van der Waals surface area contributed by atoms with E-state index in [1.807, 2.05) is 43.4 Å². The van der Waals surface area contributed by atoms with Crippen LogP contribution in [0, 0.1) is 6.92 Å². The van der Waals surface area contributed by atoms with Gasteiger partial charge in [-0.15, -0.1) is 0 Å². The summed E-state index contributed by atoms with van der Waals surface area (Å²) in [6, 6.07) is 11.3. The van der Waals surface area contributed by atoms with Crippen LogP contribution in [0.2, 0.25) is 0 Å². The van der Waals surface area contributed by atoms with Crippen molar-refractivity contribution in [3.63, 3.8) is 0 Å². The maximum atomic E-state index is 13.0. The van der Waals surface area contributed by atoms with Crippen LogP contribution >= 0.6 is 0 Å². The van der Waals surface area contributed by atoms with Crippen molar-refractivity contribution < 1.29 is 8.42 Å². The van der Waals surface area contributed by atoms with E-state index in [4.69, 9.17) is 0 Å². The molecule has 0 aliphatic heterocycles. The molecule has 0 aliphatic carbocycles. The number of hydrogen-bond acceptors (Lipinski definition) is 5. The Morgan fingerprint density at radius 2 is 1.79 bits per heavy atom. The first-order valence-corrected chi connectivity index (χ1v) is 8.92. The van der Waals surface area contributed by atoms with Crippen molar-refractivity contribution in [1.82, 2.24) is 19.3 Å². The maximum absolute atomic E-state index is 13.0. The quantitative estimate of drug-likeness (QED) is 0.769. The number of nitrogens with zero attached hydrogens (tertiary/aromatic N) is 3. The number of rotatable bonds is 5. The fourth-order valence-electron chi connectivity index (χ4n) is 2.44. The highest BCUT2D eigenvalue weighted by atomic mass is 32.2. The lowest BCUT2D eigenvalue weighted by atomic mass is 10.1. The van der Waals surface area contributed by atoms with E-state index in [1.54, 1.807) is 13.1 Å². The Balaban J connectivity index is 2.17. The van der Waals surface area contributed by atoms with E-state index in [2.05, 4.69) is 15.3 Å². The summed E-state index contributed by atoms with van der Waals surface area (Å²) >= 11 is 0. The monoisotopic (exact) mass is 342 g/mol. The van der Waals surface area contributed by atoms with Crippen LogP contribution in [-0.4, -0.2) is 29.4 Å². The Labute approximate surface area is 141 Å². The number of aromatic nitrogens is 3. The van der Waals surface area contributed by atoms with Crippen LogP contribution in [0.15, 0.2) is 59.9 Å². The molecule has 124 valence electrons. The number of nitrogens with one attached hydrogen (secondary N) is 1. The van der Waals surface area contributed by atoms with E-state index in [0.717, 1.165) is 11.1 Å². The molecule has 7 heteroatoms. The third kappa shape index (κ3) is 3.08. The smallest absolute Gasteiger partial charge is 0.271 e. The predicted octanol–water partition coefficient (Wildman–Crippen LogP) is 2.21. The molecule has 0 saturated heterocycles. The molecule has 1 N–H and O–H groups in total. The summed E-state index contributed by atoms with van der Waals surface area (Å²) in [5.74, 6) is 0.528. The lowest BCUT2D eigenvalue weighted by molar-refractivity contribution is 0.586. The maximum Gasteiger partial charge on any atom is 0.271 e. The summed E-state index contributed by atoms with van der Waals surface area (Å²) in [6.45, 7) is 2.29. The molecule has 0 unspecified atom stereocenters. The van der Waals surface area contributed by atoms with E-state index >= 15 is 0 Å². The second kappa shape index (κ2) is 6.54. The largest absolute Gasteiger partial charge is 0.316 e. The Morgan fingerprint density at radius 1 is 1.12 bits per heavy atom. The Bertz CT molecular complexity index is 932. The van der Waals surface area contributed by atoms with E-state index in [1.165, 1.54) is 16.4 Å². The van der Waals surface area contributed by atoms with Crippen molar-refractivity contribution >= 4 is 10.0 Å². The standard InChI is InChI=1S/C17H18N4O2S/c1-13-19-10-16(11-20-13)24(22,23)21-12-14(9-18-2)8-17(21)15-6-4-3-5-7-15/h3-8,10-12,18H,9H2,1-2H3. The Kier molecular flexibility index (Phi) is 4.46. The minimum absolute atomic E-state index is 0.0666. The van der Waals surface area contributed by atoms with Crippen LogP contribution < -0.4 is 5.32 Å². The van der Waals surface area contributed by atoms with Gasteiger partial charge in [-0.25, -0.2) is 22.4 Å². The van der Waals surface area contributed by atoms with Crippen molar-refractivity contribution in [3.8, 4) is 11.3 Å². The highest BCUT2D eigenvalue weighted by Gasteiger charge is 2.22. The molecule has 0 bridgehead atoms. The molecule has 24 heavy (non-hydrogen) atoms. The zero-order valence-corrected chi connectivity index (χ0v) is 14.3. The van der Waals surface area contributed by atoms with E-state index < -0.39 is 10.0 Å². The highest BCUT2D eigenvalue weighted by molar-refractivity contribution is 7.90. The van der Waals surface area contributed by atoms with Crippen LogP contribution in [0.3, 0.4) is 0 Å². The van der Waals surface area contributed by atoms with E-state index in [9.17, 15) is 8.42 Å². The average Bonchev–Trinajstić information content (AvgIpc) is 3.01. The van der Waals surface area contributed by atoms with Crippen LogP contribution in [-0.2, 0) is 16.6 Å². The zero-order valence-electron chi connectivity index (χ0n) is 13.5. The molecule has 3 aromatic rings. The molecule has 3 rings (SSSR count). The summed E-state index contributed by atoms with van der Waals surface area (Å²) in [5, 5.41) is 3.04. The molecule has 1 aromatic carbocycles. The summed E-state index contributed by atoms with van der Waals surface area (Å²) in [4.78, 5) is 8.07. The molecule has 0 saturated carbocycles. The fraction of sp³-hybridized carbons (Fsp3) is 0.176. The van der Waals surface area contributed by atoms with Crippen molar-refractivity contribution in [2.45, 2.75) is 18.4 Å². The third-order valence-electron chi connectivity index (χ3n) is 3.61. The van der Waals surface area contributed by atoms with E-state index in [0.29, 0.717) is 18.1 Å². The normalized spacial score (nSPS) is 11.6. The second-order valence-corrected chi connectivity index (χ2v) is 7.21. The van der Waals surface area contributed by atoms with Gasteiger partial charge in [-0.1, -0.05) is 30.3 Å². The lowest BCUT2D eigenvalue weighted by Crippen LogP contribution is -2.14. The minimum Gasteiger partial charge on any atom is -0.316 e. The SMILES string of the molecule is CNCc1cc(-c2ccccc2)n(S(=O)(=O)c2cnc(C)nc2)c1. The molecular weight excluding hydrogens is 324 g/mol. The van der Waals surface area contributed by atoms with Crippen molar-refractivity contribution in [1.29, 1.82) is 0 Å². The Morgan fingerprint density at radius 3 is 2.42 bits per heavy atom. The molecule has 0 radical (unpaired) electrons. The molecule has 0 aliphatic rings. The van der Waals surface area contributed by atoms with Crippen molar-refractivity contribution in [2.24, 2.45) is 0 Å². The van der Waals surface area contributed by atoms with E-state index in [-0.39, 0.29) is 4.90 Å². The number of benzene rings is 1. The molecule has 2 aromatic heterocycles. The Hall–Kier alpha value is -2.51. The van der Waals surface area contributed by atoms with Crippen molar-refractivity contribution in [3.05, 3.63) is 66.4 Å². The van der Waals surface area contributed by atoms with Crippen LogP contribution in [0.5, 0.6) is 0 Å². The molecular formula is C17H18N4O2S. The van der Waals surface area contributed by atoms with Gasteiger partial charge >= 0.3 is 0 Å². The van der Waals surface area contributed by atoms with Gasteiger partial charge in [0, 0.05) is 12.7 Å². The molecule has 0 amide bonds. The van der Waals surface area contributed by atoms with Gasteiger partial charge in [-0.3, -0.25) is 0 Å². The van der Waals surface area contributed by atoms with Crippen molar-refractivity contribution in [2.75, 3.05) is 7.05 Å². The van der Waals surface area contributed by atoms with Gasteiger partial charge in [0.2, 0.25) is 0 Å². The first-order valence-electron chi connectivity index (χ1n) is 7.48. The van der Waals surface area contributed by atoms with Gasteiger partial charge in [0.1, 0.15) is 10.7 Å². The summed E-state index contributed by atoms with van der Waals surface area (Å²) in [7, 11) is -1.95. The van der Waals surface area contributed by atoms with Gasteiger partial charge in [0.25, 0.3) is 10.0 Å². The van der Waals surface area contributed by atoms with Gasteiger partial charge in [-0.05, 0) is 31.2 Å². The third-order valence-corrected chi connectivity index (χ3v) is 5.23. The van der Waals surface area contributed by atoms with Gasteiger partial charge in [-0.2, -0.15) is 0 Å². The summed E-state index contributed by atoms with van der Waals surface area (Å²) < 4.78 is 27.3. The van der Waals surface area contributed by atoms with Gasteiger partial charge < -0.3 is 5.32 Å². The minimum atomic E-state index is -3.77.